The molecule has 0 saturated carbocycles. The van der Waals surface area contributed by atoms with Gasteiger partial charge in [0.15, 0.2) is 5.96 Å². The van der Waals surface area contributed by atoms with Gasteiger partial charge in [-0.25, -0.2) is 4.99 Å². The molecule has 0 atom stereocenters. The molecule has 1 aromatic rings. The van der Waals surface area contributed by atoms with E-state index in [0.717, 1.165) is 63.0 Å². The summed E-state index contributed by atoms with van der Waals surface area (Å²) in [7, 11) is 0. The number of ether oxygens (including phenoxy) is 2. The number of guanidine groups is 1. The highest BCUT2D eigenvalue weighted by Crippen LogP contribution is 2.19. The SMILES string of the molecule is CCNC(=NCc1ccccc1OCC(C)C)NCCCCOCC. The zero-order chi connectivity index (χ0) is 18.3. The molecule has 5 nitrogen and oxygen atoms in total. The van der Waals surface area contributed by atoms with Crippen molar-refractivity contribution in [3.63, 3.8) is 0 Å². The lowest BCUT2D eigenvalue weighted by Crippen LogP contribution is -2.37. The molecule has 0 aromatic heterocycles. The number of unbranched alkanes of at least 4 members (excludes halogenated alkanes) is 1. The molecule has 0 spiro atoms. The minimum Gasteiger partial charge on any atom is -0.493 e. The number of benzene rings is 1. The fourth-order valence-corrected chi connectivity index (χ4v) is 2.22. The first-order valence-electron chi connectivity index (χ1n) is 9.48. The minimum atomic E-state index is 0.507. The van der Waals surface area contributed by atoms with Gasteiger partial charge in [0.05, 0.1) is 13.2 Å². The molecule has 1 aromatic carbocycles. The van der Waals surface area contributed by atoms with Crippen LogP contribution in [0.3, 0.4) is 0 Å². The highest BCUT2D eigenvalue weighted by molar-refractivity contribution is 5.79. The van der Waals surface area contributed by atoms with Crippen LogP contribution in [0.2, 0.25) is 0 Å². The van der Waals surface area contributed by atoms with Gasteiger partial charge in [-0.05, 0) is 38.7 Å². The Bertz CT molecular complexity index is 490. The minimum absolute atomic E-state index is 0.507. The van der Waals surface area contributed by atoms with Crippen LogP contribution >= 0.6 is 0 Å². The summed E-state index contributed by atoms with van der Waals surface area (Å²) >= 11 is 0. The second kappa shape index (κ2) is 13.5. The van der Waals surface area contributed by atoms with Crippen molar-refractivity contribution in [1.29, 1.82) is 0 Å². The standard InChI is InChI=1S/C20H35N3O2/c1-5-21-20(22-13-9-10-14-24-6-2)23-15-18-11-7-8-12-19(18)25-16-17(3)4/h7-8,11-12,17H,5-6,9-10,13-16H2,1-4H3,(H2,21,22,23). The van der Waals surface area contributed by atoms with E-state index < -0.39 is 0 Å². The smallest absolute Gasteiger partial charge is 0.191 e. The van der Waals surface area contributed by atoms with E-state index in [-0.39, 0.29) is 0 Å². The molecule has 0 fully saturated rings. The van der Waals surface area contributed by atoms with Gasteiger partial charge in [0.25, 0.3) is 0 Å². The molecule has 1 rings (SSSR count). The summed E-state index contributed by atoms with van der Waals surface area (Å²) in [4.78, 5) is 4.69. The number of para-hydroxylation sites is 1. The Balaban J connectivity index is 2.53. The Morgan fingerprint density at radius 2 is 1.92 bits per heavy atom. The summed E-state index contributed by atoms with van der Waals surface area (Å²) in [6.07, 6.45) is 2.13. The highest BCUT2D eigenvalue weighted by atomic mass is 16.5. The van der Waals surface area contributed by atoms with Gasteiger partial charge in [0.2, 0.25) is 0 Å². The van der Waals surface area contributed by atoms with Crippen molar-refractivity contribution in [3.05, 3.63) is 29.8 Å². The quantitative estimate of drug-likeness (QED) is 0.344. The van der Waals surface area contributed by atoms with Crippen molar-refractivity contribution in [3.8, 4) is 5.75 Å². The van der Waals surface area contributed by atoms with E-state index in [2.05, 4.69) is 42.5 Å². The van der Waals surface area contributed by atoms with Crippen molar-refractivity contribution in [2.45, 2.75) is 47.1 Å². The van der Waals surface area contributed by atoms with Crippen molar-refractivity contribution in [1.82, 2.24) is 10.6 Å². The van der Waals surface area contributed by atoms with E-state index in [1.54, 1.807) is 0 Å². The van der Waals surface area contributed by atoms with Gasteiger partial charge in [0.1, 0.15) is 5.75 Å². The summed E-state index contributed by atoms with van der Waals surface area (Å²) in [5, 5.41) is 6.67. The predicted octanol–water partition coefficient (Wildman–Crippen LogP) is 3.59. The summed E-state index contributed by atoms with van der Waals surface area (Å²) in [5.74, 6) is 2.28. The molecule has 142 valence electrons. The molecule has 0 saturated heterocycles. The lowest BCUT2D eigenvalue weighted by molar-refractivity contribution is 0.143. The van der Waals surface area contributed by atoms with Gasteiger partial charge >= 0.3 is 0 Å². The van der Waals surface area contributed by atoms with Crippen LogP contribution in [0.5, 0.6) is 5.75 Å². The van der Waals surface area contributed by atoms with E-state index in [4.69, 9.17) is 9.47 Å². The van der Waals surface area contributed by atoms with Crippen molar-refractivity contribution < 1.29 is 9.47 Å². The van der Waals surface area contributed by atoms with Crippen LogP contribution in [0.15, 0.2) is 29.3 Å². The second-order valence-electron chi connectivity index (χ2n) is 6.34. The highest BCUT2D eigenvalue weighted by Gasteiger charge is 2.04. The van der Waals surface area contributed by atoms with Gasteiger partial charge < -0.3 is 20.1 Å². The first-order valence-corrected chi connectivity index (χ1v) is 9.48. The number of aliphatic imine (C=N–C) groups is 1. The molecular weight excluding hydrogens is 314 g/mol. The summed E-state index contributed by atoms with van der Waals surface area (Å²) in [6, 6.07) is 8.12. The molecule has 0 amide bonds. The van der Waals surface area contributed by atoms with Crippen molar-refractivity contribution in [2.75, 3.05) is 32.9 Å². The molecule has 0 unspecified atom stereocenters. The number of hydrogen-bond donors (Lipinski definition) is 2. The molecular formula is C20H35N3O2. The van der Waals surface area contributed by atoms with Crippen molar-refractivity contribution in [2.24, 2.45) is 10.9 Å². The normalized spacial score (nSPS) is 11.6. The van der Waals surface area contributed by atoms with Gasteiger partial charge in [-0.2, -0.15) is 0 Å². The first kappa shape index (κ1) is 21.3. The van der Waals surface area contributed by atoms with E-state index in [0.29, 0.717) is 12.5 Å². The second-order valence-corrected chi connectivity index (χ2v) is 6.34. The Morgan fingerprint density at radius 3 is 2.64 bits per heavy atom. The van der Waals surface area contributed by atoms with Crippen LogP contribution in [-0.4, -0.2) is 38.9 Å². The van der Waals surface area contributed by atoms with Crippen LogP contribution in [0.25, 0.3) is 0 Å². The lowest BCUT2D eigenvalue weighted by atomic mass is 10.2. The topological polar surface area (TPSA) is 54.9 Å². The molecule has 2 N–H and O–H groups in total. The van der Waals surface area contributed by atoms with Crippen LogP contribution in [0, 0.1) is 5.92 Å². The number of nitrogens with zero attached hydrogens (tertiary/aromatic N) is 1. The summed E-state index contributed by atoms with van der Waals surface area (Å²) in [5.41, 5.74) is 1.11. The third-order valence-electron chi connectivity index (χ3n) is 3.51. The van der Waals surface area contributed by atoms with Gasteiger partial charge in [-0.15, -0.1) is 0 Å². The molecule has 0 aliphatic rings. The third kappa shape index (κ3) is 9.97. The van der Waals surface area contributed by atoms with Crippen LogP contribution in [0.4, 0.5) is 0 Å². The molecule has 0 heterocycles. The first-order chi connectivity index (χ1) is 12.2. The molecule has 5 heteroatoms. The fourth-order valence-electron chi connectivity index (χ4n) is 2.22. The maximum Gasteiger partial charge on any atom is 0.191 e. The van der Waals surface area contributed by atoms with E-state index in [1.165, 1.54) is 0 Å². The van der Waals surface area contributed by atoms with E-state index in [9.17, 15) is 0 Å². The van der Waals surface area contributed by atoms with Crippen LogP contribution in [0.1, 0.15) is 46.1 Å². The Hall–Kier alpha value is -1.75. The monoisotopic (exact) mass is 349 g/mol. The summed E-state index contributed by atoms with van der Waals surface area (Å²) < 4.78 is 11.3. The van der Waals surface area contributed by atoms with Crippen LogP contribution in [-0.2, 0) is 11.3 Å². The molecule has 0 radical (unpaired) electrons. The summed E-state index contributed by atoms with van der Waals surface area (Å²) in [6.45, 7) is 13.1. The molecule has 0 aliphatic carbocycles. The van der Waals surface area contributed by atoms with Gasteiger partial charge in [-0.3, -0.25) is 0 Å². The largest absolute Gasteiger partial charge is 0.493 e. The number of nitrogens with one attached hydrogen (secondary N) is 2. The number of hydrogen-bond acceptors (Lipinski definition) is 3. The van der Waals surface area contributed by atoms with Crippen LogP contribution < -0.4 is 15.4 Å². The fraction of sp³-hybridized carbons (Fsp3) is 0.650. The Labute approximate surface area is 153 Å². The zero-order valence-electron chi connectivity index (χ0n) is 16.3. The molecule has 25 heavy (non-hydrogen) atoms. The molecule has 0 aliphatic heterocycles. The molecule has 0 bridgehead atoms. The number of rotatable bonds is 12. The maximum absolute atomic E-state index is 5.90. The van der Waals surface area contributed by atoms with E-state index >= 15 is 0 Å². The Kier molecular flexibility index (Phi) is 11.5. The van der Waals surface area contributed by atoms with E-state index in [1.807, 2.05) is 25.1 Å². The van der Waals surface area contributed by atoms with Crippen molar-refractivity contribution >= 4 is 5.96 Å². The lowest BCUT2D eigenvalue weighted by Gasteiger charge is -2.14. The Morgan fingerprint density at radius 1 is 1.12 bits per heavy atom. The zero-order valence-corrected chi connectivity index (χ0v) is 16.3. The van der Waals surface area contributed by atoms with Gasteiger partial charge in [-0.1, -0.05) is 32.0 Å². The van der Waals surface area contributed by atoms with Gasteiger partial charge in [0, 0.05) is 31.9 Å². The third-order valence-corrected chi connectivity index (χ3v) is 3.51. The predicted molar refractivity (Wildman–Crippen MR) is 105 cm³/mol. The average Bonchev–Trinajstić information content (AvgIpc) is 2.61. The average molecular weight is 350 g/mol. The maximum atomic E-state index is 5.90.